The fourth-order valence-corrected chi connectivity index (χ4v) is 2.60. The van der Waals surface area contributed by atoms with Crippen LogP contribution < -0.4 is 10.1 Å². The van der Waals surface area contributed by atoms with Crippen LogP contribution in [0.2, 0.25) is 0 Å². The van der Waals surface area contributed by atoms with Crippen molar-refractivity contribution in [1.82, 2.24) is 0 Å². The normalized spacial score (nSPS) is 10.4. The molecule has 1 aromatic rings. The maximum Gasteiger partial charge on any atom is 0.145 e. The van der Waals surface area contributed by atoms with Crippen molar-refractivity contribution in [3.8, 4) is 5.75 Å². The first kappa shape index (κ1) is 16.0. The lowest BCUT2D eigenvalue weighted by Gasteiger charge is -2.19. The molecule has 0 fully saturated rings. The molecule has 4 heteroatoms. The third kappa shape index (κ3) is 3.72. The van der Waals surface area contributed by atoms with Gasteiger partial charge < -0.3 is 14.8 Å². The van der Waals surface area contributed by atoms with Crippen LogP contribution in [0.25, 0.3) is 0 Å². The zero-order chi connectivity index (χ0) is 14.6. The van der Waals surface area contributed by atoms with Crippen LogP contribution in [0, 0.1) is 20.8 Å². The number of hydrogen-bond donors (Lipinski definition) is 1. The SMILES string of the molecule is COc1c(C)c(C)c(Br)c(C)c1NCCCC(C)=O. The van der Waals surface area contributed by atoms with Crippen LogP contribution in [-0.2, 0) is 4.79 Å². The second-order valence-electron chi connectivity index (χ2n) is 4.83. The van der Waals surface area contributed by atoms with Crippen molar-refractivity contribution in [2.24, 2.45) is 0 Å². The van der Waals surface area contributed by atoms with Crippen molar-refractivity contribution in [2.45, 2.75) is 40.5 Å². The van der Waals surface area contributed by atoms with E-state index in [1.165, 1.54) is 5.56 Å². The van der Waals surface area contributed by atoms with Gasteiger partial charge in [-0.25, -0.2) is 0 Å². The predicted octanol–water partition coefficient (Wildman–Crippen LogP) is 4.16. The zero-order valence-corrected chi connectivity index (χ0v) is 13.9. The summed E-state index contributed by atoms with van der Waals surface area (Å²) in [6, 6.07) is 0. The first-order chi connectivity index (χ1) is 8.90. The van der Waals surface area contributed by atoms with Gasteiger partial charge in [0.2, 0.25) is 0 Å². The van der Waals surface area contributed by atoms with Gasteiger partial charge in [-0.15, -0.1) is 0 Å². The first-order valence-electron chi connectivity index (χ1n) is 6.46. The van der Waals surface area contributed by atoms with Gasteiger partial charge in [-0.3, -0.25) is 0 Å². The van der Waals surface area contributed by atoms with E-state index in [-0.39, 0.29) is 5.78 Å². The number of halogens is 1. The summed E-state index contributed by atoms with van der Waals surface area (Å²) in [6.07, 6.45) is 1.45. The Hall–Kier alpha value is -1.03. The van der Waals surface area contributed by atoms with E-state index in [9.17, 15) is 4.79 Å². The van der Waals surface area contributed by atoms with E-state index in [0.717, 1.165) is 40.0 Å². The van der Waals surface area contributed by atoms with Gasteiger partial charge >= 0.3 is 0 Å². The highest BCUT2D eigenvalue weighted by atomic mass is 79.9. The van der Waals surface area contributed by atoms with Gasteiger partial charge in [0.1, 0.15) is 11.5 Å². The van der Waals surface area contributed by atoms with E-state index in [1.54, 1.807) is 14.0 Å². The number of anilines is 1. The number of benzene rings is 1. The molecular weight excluding hydrogens is 306 g/mol. The van der Waals surface area contributed by atoms with Gasteiger partial charge in [0.15, 0.2) is 0 Å². The van der Waals surface area contributed by atoms with Crippen LogP contribution in [0.3, 0.4) is 0 Å². The number of rotatable bonds is 6. The molecule has 0 heterocycles. The summed E-state index contributed by atoms with van der Waals surface area (Å²) in [7, 11) is 1.69. The molecule has 0 aliphatic carbocycles. The van der Waals surface area contributed by atoms with Crippen molar-refractivity contribution >= 4 is 27.4 Å². The minimum Gasteiger partial charge on any atom is -0.494 e. The van der Waals surface area contributed by atoms with Crippen LogP contribution >= 0.6 is 15.9 Å². The maximum atomic E-state index is 10.9. The number of Topliss-reactive ketones (excluding diaryl/α,β-unsaturated/α-hetero) is 1. The lowest BCUT2D eigenvalue weighted by atomic mass is 10.0. The number of carbonyl (C=O) groups is 1. The molecule has 0 aliphatic rings. The Morgan fingerprint density at radius 1 is 1.21 bits per heavy atom. The Balaban J connectivity index is 2.96. The van der Waals surface area contributed by atoms with Crippen LogP contribution in [-0.4, -0.2) is 19.4 Å². The minimum absolute atomic E-state index is 0.228. The number of hydrogen-bond acceptors (Lipinski definition) is 3. The number of carbonyl (C=O) groups excluding carboxylic acids is 1. The van der Waals surface area contributed by atoms with Gasteiger partial charge in [0.05, 0.1) is 12.8 Å². The quantitative estimate of drug-likeness (QED) is 0.797. The molecule has 0 amide bonds. The molecule has 0 aliphatic heterocycles. The van der Waals surface area contributed by atoms with E-state index in [4.69, 9.17) is 4.74 Å². The van der Waals surface area contributed by atoms with Crippen molar-refractivity contribution in [3.05, 3.63) is 21.2 Å². The molecule has 0 radical (unpaired) electrons. The molecule has 0 unspecified atom stereocenters. The summed E-state index contributed by atoms with van der Waals surface area (Å²) < 4.78 is 6.63. The molecule has 0 spiro atoms. The molecule has 0 atom stereocenters. The van der Waals surface area contributed by atoms with Crippen LogP contribution in [0.15, 0.2) is 4.47 Å². The van der Waals surface area contributed by atoms with Crippen molar-refractivity contribution in [2.75, 3.05) is 19.0 Å². The molecule has 0 saturated carbocycles. The molecule has 19 heavy (non-hydrogen) atoms. The monoisotopic (exact) mass is 327 g/mol. The van der Waals surface area contributed by atoms with Crippen molar-refractivity contribution in [1.29, 1.82) is 0 Å². The van der Waals surface area contributed by atoms with E-state index in [2.05, 4.69) is 42.0 Å². The largest absolute Gasteiger partial charge is 0.494 e. The van der Waals surface area contributed by atoms with Gasteiger partial charge in [0.25, 0.3) is 0 Å². The summed E-state index contributed by atoms with van der Waals surface area (Å²) in [5.41, 5.74) is 4.49. The Morgan fingerprint density at radius 3 is 2.37 bits per heavy atom. The summed E-state index contributed by atoms with van der Waals surface area (Å²) in [4.78, 5) is 10.9. The molecule has 1 rings (SSSR count). The topological polar surface area (TPSA) is 38.3 Å². The summed E-state index contributed by atoms with van der Waals surface area (Å²) in [6.45, 7) is 8.59. The molecule has 1 N–H and O–H groups in total. The highest BCUT2D eigenvalue weighted by Gasteiger charge is 2.16. The summed E-state index contributed by atoms with van der Waals surface area (Å²) in [5, 5.41) is 3.39. The Kier molecular flexibility index (Phi) is 5.85. The van der Waals surface area contributed by atoms with Gasteiger partial charge in [0, 0.05) is 17.4 Å². The van der Waals surface area contributed by atoms with Gasteiger partial charge in [-0.05, 0) is 50.8 Å². The highest BCUT2D eigenvalue weighted by molar-refractivity contribution is 9.10. The van der Waals surface area contributed by atoms with Crippen LogP contribution in [0.1, 0.15) is 36.5 Å². The van der Waals surface area contributed by atoms with Crippen molar-refractivity contribution < 1.29 is 9.53 Å². The Labute approximate surface area is 123 Å². The molecule has 3 nitrogen and oxygen atoms in total. The lowest BCUT2D eigenvalue weighted by Crippen LogP contribution is -2.08. The summed E-state index contributed by atoms with van der Waals surface area (Å²) in [5.74, 6) is 1.12. The third-order valence-corrected chi connectivity index (χ3v) is 4.56. The smallest absolute Gasteiger partial charge is 0.145 e. The number of ketones is 1. The fraction of sp³-hybridized carbons (Fsp3) is 0.533. The maximum absolute atomic E-state index is 10.9. The molecule has 0 aromatic heterocycles. The number of methoxy groups -OCH3 is 1. The fourth-order valence-electron chi connectivity index (χ4n) is 2.10. The average molecular weight is 328 g/mol. The van der Waals surface area contributed by atoms with Crippen LogP contribution in [0.5, 0.6) is 5.75 Å². The standard InChI is InChI=1S/C15H22BrNO2/c1-9(18)7-6-8-17-14-12(4)13(16)10(2)11(3)15(14)19-5/h17H,6-8H2,1-5H3. The van der Waals surface area contributed by atoms with E-state index >= 15 is 0 Å². The predicted molar refractivity (Wildman–Crippen MR) is 83.3 cm³/mol. The van der Waals surface area contributed by atoms with Crippen molar-refractivity contribution in [3.63, 3.8) is 0 Å². The lowest BCUT2D eigenvalue weighted by molar-refractivity contribution is -0.117. The molecular formula is C15H22BrNO2. The van der Waals surface area contributed by atoms with E-state index < -0.39 is 0 Å². The summed E-state index contributed by atoms with van der Waals surface area (Å²) >= 11 is 3.63. The Morgan fingerprint density at radius 2 is 1.84 bits per heavy atom. The molecule has 0 saturated heterocycles. The van der Waals surface area contributed by atoms with E-state index in [1.807, 2.05) is 0 Å². The highest BCUT2D eigenvalue weighted by Crippen LogP contribution is 2.39. The van der Waals surface area contributed by atoms with Gasteiger partial charge in [-0.2, -0.15) is 0 Å². The number of nitrogens with one attached hydrogen (secondary N) is 1. The second-order valence-corrected chi connectivity index (χ2v) is 5.62. The van der Waals surface area contributed by atoms with Crippen LogP contribution in [0.4, 0.5) is 5.69 Å². The zero-order valence-electron chi connectivity index (χ0n) is 12.3. The third-order valence-electron chi connectivity index (χ3n) is 3.38. The van der Waals surface area contributed by atoms with E-state index in [0.29, 0.717) is 6.42 Å². The van der Waals surface area contributed by atoms with Gasteiger partial charge in [-0.1, -0.05) is 15.9 Å². The molecule has 106 valence electrons. The second kappa shape index (κ2) is 6.94. The average Bonchev–Trinajstić information content (AvgIpc) is 2.37. The first-order valence-corrected chi connectivity index (χ1v) is 7.26. The molecule has 0 bridgehead atoms. The molecule has 1 aromatic carbocycles. The number of ether oxygens (including phenoxy) is 1. The minimum atomic E-state index is 0.228. The Bertz CT molecular complexity index is 484.